The molecule has 0 atom stereocenters. The highest BCUT2D eigenvalue weighted by atomic mass is 16.1. The standard InChI is InChI=1S/C13H15NO/c14-13(15)7-12-10-3-1-2-8(10)6-9-4-5-11(9)12/h6H,1-5,7H2,(H2,14,15). The predicted molar refractivity (Wildman–Crippen MR) is 58.8 cm³/mol. The molecule has 1 amide bonds. The van der Waals surface area contributed by atoms with Crippen molar-refractivity contribution in [1.29, 1.82) is 0 Å². The molecule has 0 saturated carbocycles. The smallest absolute Gasteiger partial charge is 0.221 e. The van der Waals surface area contributed by atoms with Gasteiger partial charge in [-0.2, -0.15) is 0 Å². The summed E-state index contributed by atoms with van der Waals surface area (Å²) in [5, 5.41) is 0. The molecule has 78 valence electrons. The first-order valence-corrected chi connectivity index (χ1v) is 5.69. The molecule has 2 N–H and O–H groups in total. The molecule has 0 radical (unpaired) electrons. The predicted octanol–water partition coefficient (Wildman–Crippen LogP) is 1.30. The molecule has 0 unspecified atom stereocenters. The van der Waals surface area contributed by atoms with Crippen LogP contribution in [0.3, 0.4) is 0 Å². The van der Waals surface area contributed by atoms with Crippen molar-refractivity contribution in [1.82, 2.24) is 0 Å². The number of fused-ring (bicyclic) bond motifs is 2. The van der Waals surface area contributed by atoms with Crippen LogP contribution in [0.1, 0.15) is 34.2 Å². The molecule has 2 heteroatoms. The number of aryl methyl sites for hydroxylation is 2. The summed E-state index contributed by atoms with van der Waals surface area (Å²) in [6.07, 6.45) is 6.36. The average Bonchev–Trinajstić information content (AvgIpc) is 2.57. The highest BCUT2D eigenvalue weighted by Crippen LogP contribution is 2.36. The Bertz CT molecular complexity index is 448. The van der Waals surface area contributed by atoms with Crippen molar-refractivity contribution >= 4 is 5.91 Å². The molecule has 0 fully saturated rings. The third-order valence-corrected chi connectivity index (χ3v) is 3.72. The van der Waals surface area contributed by atoms with Crippen molar-refractivity contribution in [2.75, 3.05) is 0 Å². The third-order valence-electron chi connectivity index (χ3n) is 3.72. The highest BCUT2D eigenvalue weighted by molar-refractivity contribution is 5.78. The van der Waals surface area contributed by atoms with Crippen molar-refractivity contribution in [3.05, 3.63) is 33.9 Å². The third kappa shape index (κ3) is 1.28. The van der Waals surface area contributed by atoms with Gasteiger partial charge in [0.05, 0.1) is 6.42 Å². The van der Waals surface area contributed by atoms with Crippen molar-refractivity contribution < 1.29 is 4.79 Å². The molecule has 0 bridgehead atoms. The van der Waals surface area contributed by atoms with Gasteiger partial charge in [-0.1, -0.05) is 6.07 Å². The largest absolute Gasteiger partial charge is 0.369 e. The first-order chi connectivity index (χ1) is 7.25. The minimum Gasteiger partial charge on any atom is -0.369 e. The van der Waals surface area contributed by atoms with Gasteiger partial charge in [0.15, 0.2) is 0 Å². The molecule has 0 heterocycles. The highest BCUT2D eigenvalue weighted by Gasteiger charge is 2.25. The number of benzene rings is 1. The van der Waals surface area contributed by atoms with Gasteiger partial charge in [0.2, 0.25) is 5.91 Å². The average molecular weight is 201 g/mol. The van der Waals surface area contributed by atoms with Gasteiger partial charge in [-0.25, -0.2) is 0 Å². The summed E-state index contributed by atoms with van der Waals surface area (Å²) in [7, 11) is 0. The maximum absolute atomic E-state index is 11.1. The molecule has 1 aromatic rings. The van der Waals surface area contributed by atoms with Gasteiger partial charge in [0.25, 0.3) is 0 Å². The molecule has 2 aliphatic carbocycles. The fraction of sp³-hybridized carbons (Fsp3) is 0.462. The Morgan fingerprint density at radius 2 is 1.87 bits per heavy atom. The number of amides is 1. The van der Waals surface area contributed by atoms with Crippen molar-refractivity contribution in [3.63, 3.8) is 0 Å². The maximum atomic E-state index is 11.1. The summed E-state index contributed by atoms with van der Waals surface area (Å²) in [6.45, 7) is 0. The van der Waals surface area contributed by atoms with Crippen molar-refractivity contribution in [2.45, 2.75) is 38.5 Å². The number of rotatable bonds is 2. The Kier molecular flexibility index (Phi) is 1.84. The molecular formula is C13H15NO. The zero-order valence-electron chi connectivity index (χ0n) is 8.81. The molecular weight excluding hydrogens is 186 g/mol. The fourth-order valence-electron chi connectivity index (χ4n) is 2.95. The first kappa shape index (κ1) is 8.96. The minimum absolute atomic E-state index is 0.190. The van der Waals surface area contributed by atoms with E-state index in [2.05, 4.69) is 6.07 Å². The van der Waals surface area contributed by atoms with Crippen LogP contribution in [-0.4, -0.2) is 5.91 Å². The molecule has 3 rings (SSSR count). The second-order valence-electron chi connectivity index (χ2n) is 4.63. The van der Waals surface area contributed by atoms with Gasteiger partial charge in [-0.15, -0.1) is 0 Å². The lowest BCUT2D eigenvalue weighted by molar-refractivity contribution is -0.117. The summed E-state index contributed by atoms with van der Waals surface area (Å²) in [6, 6.07) is 2.35. The van der Waals surface area contributed by atoms with E-state index in [0.717, 1.165) is 12.8 Å². The number of primary amides is 1. The van der Waals surface area contributed by atoms with Crippen LogP contribution < -0.4 is 5.73 Å². The number of hydrogen-bond acceptors (Lipinski definition) is 1. The molecule has 15 heavy (non-hydrogen) atoms. The molecule has 0 spiro atoms. The van der Waals surface area contributed by atoms with E-state index < -0.39 is 0 Å². The number of nitrogens with two attached hydrogens (primary N) is 1. The summed E-state index contributed by atoms with van der Waals surface area (Å²) >= 11 is 0. The Balaban J connectivity index is 2.14. The number of carbonyl (C=O) groups excluding carboxylic acids is 1. The molecule has 2 nitrogen and oxygen atoms in total. The van der Waals surface area contributed by atoms with Gasteiger partial charge in [0, 0.05) is 0 Å². The van der Waals surface area contributed by atoms with Crippen LogP contribution in [0.2, 0.25) is 0 Å². The maximum Gasteiger partial charge on any atom is 0.221 e. The van der Waals surface area contributed by atoms with E-state index in [1.165, 1.54) is 47.1 Å². The summed E-state index contributed by atoms with van der Waals surface area (Å²) in [4.78, 5) is 11.1. The Labute approximate surface area is 89.5 Å². The lowest BCUT2D eigenvalue weighted by atomic mass is 9.80. The topological polar surface area (TPSA) is 43.1 Å². The van der Waals surface area contributed by atoms with E-state index in [1.807, 2.05) is 0 Å². The normalized spacial score (nSPS) is 16.8. The summed E-state index contributed by atoms with van der Waals surface area (Å²) < 4.78 is 0. The lowest BCUT2D eigenvalue weighted by Crippen LogP contribution is -2.21. The van der Waals surface area contributed by atoms with E-state index in [0.29, 0.717) is 6.42 Å². The van der Waals surface area contributed by atoms with Crippen LogP contribution in [0.15, 0.2) is 6.07 Å². The van der Waals surface area contributed by atoms with Crippen LogP contribution >= 0.6 is 0 Å². The van der Waals surface area contributed by atoms with Crippen molar-refractivity contribution in [3.8, 4) is 0 Å². The number of hydrogen-bond donors (Lipinski definition) is 1. The second-order valence-corrected chi connectivity index (χ2v) is 4.63. The molecule has 2 aliphatic rings. The fourth-order valence-corrected chi connectivity index (χ4v) is 2.95. The quantitative estimate of drug-likeness (QED) is 0.770. The van der Waals surface area contributed by atoms with Crippen LogP contribution in [0.5, 0.6) is 0 Å². The molecule has 0 saturated heterocycles. The SMILES string of the molecule is NC(=O)Cc1c2c(cc3c1CC3)CCC2. The van der Waals surface area contributed by atoms with Gasteiger partial charge < -0.3 is 5.73 Å². The number of carbonyl (C=O) groups is 1. The summed E-state index contributed by atoms with van der Waals surface area (Å²) in [5.74, 6) is -0.190. The molecule has 1 aromatic carbocycles. The first-order valence-electron chi connectivity index (χ1n) is 5.69. The van der Waals surface area contributed by atoms with E-state index in [1.54, 1.807) is 0 Å². The van der Waals surface area contributed by atoms with Crippen LogP contribution in [-0.2, 0) is 36.9 Å². The lowest BCUT2D eigenvalue weighted by Gasteiger charge is -2.25. The van der Waals surface area contributed by atoms with Gasteiger partial charge in [-0.05, 0) is 59.9 Å². The van der Waals surface area contributed by atoms with Gasteiger partial charge in [0.1, 0.15) is 0 Å². The molecule has 0 aliphatic heterocycles. The Hall–Kier alpha value is -1.31. The van der Waals surface area contributed by atoms with Crippen LogP contribution in [0.4, 0.5) is 0 Å². The Morgan fingerprint density at radius 3 is 2.53 bits per heavy atom. The van der Waals surface area contributed by atoms with Gasteiger partial charge >= 0.3 is 0 Å². The molecule has 0 aromatic heterocycles. The van der Waals surface area contributed by atoms with E-state index >= 15 is 0 Å². The second kappa shape index (κ2) is 3.09. The minimum atomic E-state index is -0.190. The van der Waals surface area contributed by atoms with Gasteiger partial charge in [-0.3, -0.25) is 4.79 Å². The summed E-state index contributed by atoms with van der Waals surface area (Å²) in [5.41, 5.74) is 12.4. The monoisotopic (exact) mass is 201 g/mol. The van der Waals surface area contributed by atoms with Crippen LogP contribution in [0, 0.1) is 0 Å². The van der Waals surface area contributed by atoms with E-state index in [9.17, 15) is 4.79 Å². The van der Waals surface area contributed by atoms with Crippen LogP contribution in [0.25, 0.3) is 0 Å². The van der Waals surface area contributed by atoms with E-state index in [-0.39, 0.29) is 5.91 Å². The Morgan fingerprint density at radius 1 is 1.13 bits per heavy atom. The zero-order chi connectivity index (χ0) is 10.4. The van der Waals surface area contributed by atoms with E-state index in [4.69, 9.17) is 5.73 Å². The zero-order valence-corrected chi connectivity index (χ0v) is 8.81. The van der Waals surface area contributed by atoms with Crippen molar-refractivity contribution in [2.24, 2.45) is 5.73 Å².